The SMILES string of the molecule is O=C1CCCN1CCN(C(=O)O)c1cccc(Cc2nn(-c3cc(F)c(F)c(F)c3)ccc2=O)c1. The Hall–Kier alpha value is -4.15. The molecule has 2 amide bonds. The summed E-state index contributed by atoms with van der Waals surface area (Å²) in [5.74, 6) is -4.39. The number of rotatable bonds is 7. The summed E-state index contributed by atoms with van der Waals surface area (Å²) in [6, 6.07) is 9.20. The Balaban J connectivity index is 1.57. The van der Waals surface area contributed by atoms with Crippen molar-refractivity contribution in [3.8, 4) is 5.69 Å². The first kappa shape index (κ1) is 24.0. The van der Waals surface area contributed by atoms with E-state index in [4.69, 9.17) is 0 Å². The average Bonchev–Trinajstić information content (AvgIpc) is 3.23. The molecule has 0 radical (unpaired) electrons. The molecule has 8 nitrogen and oxygen atoms in total. The van der Waals surface area contributed by atoms with Gasteiger partial charge in [-0.05, 0) is 24.1 Å². The van der Waals surface area contributed by atoms with Gasteiger partial charge in [-0.1, -0.05) is 12.1 Å². The number of carbonyl (C=O) groups excluding carboxylic acids is 1. The summed E-state index contributed by atoms with van der Waals surface area (Å²) in [5, 5.41) is 13.8. The molecule has 2 heterocycles. The van der Waals surface area contributed by atoms with Crippen LogP contribution < -0.4 is 10.3 Å². The van der Waals surface area contributed by atoms with E-state index >= 15 is 0 Å². The van der Waals surface area contributed by atoms with Gasteiger partial charge in [0.2, 0.25) is 11.3 Å². The van der Waals surface area contributed by atoms with E-state index in [1.54, 1.807) is 29.2 Å². The molecule has 0 atom stereocenters. The summed E-state index contributed by atoms with van der Waals surface area (Å²) < 4.78 is 41.6. The zero-order chi connectivity index (χ0) is 25.1. The van der Waals surface area contributed by atoms with Gasteiger partial charge in [-0.25, -0.2) is 22.6 Å². The summed E-state index contributed by atoms with van der Waals surface area (Å²) >= 11 is 0. The fourth-order valence-corrected chi connectivity index (χ4v) is 3.91. The van der Waals surface area contributed by atoms with Crippen LogP contribution in [-0.2, 0) is 11.2 Å². The predicted octanol–water partition coefficient (Wildman–Crippen LogP) is 3.35. The van der Waals surface area contributed by atoms with Gasteiger partial charge in [0.25, 0.3) is 0 Å². The number of anilines is 1. The summed E-state index contributed by atoms with van der Waals surface area (Å²) in [7, 11) is 0. The second kappa shape index (κ2) is 10.00. The fraction of sp³-hybridized carbons (Fsp3) is 0.250. The average molecular weight is 486 g/mol. The van der Waals surface area contributed by atoms with Crippen LogP contribution in [0.1, 0.15) is 24.1 Å². The first-order valence-corrected chi connectivity index (χ1v) is 10.8. The van der Waals surface area contributed by atoms with Crippen molar-refractivity contribution < 1.29 is 27.9 Å². The van der Waals surface area contributed by atoms with Gasteiger partial charge in [0, 0.05) is 62.6 Å². The maximum absolute atomic E-state index is 13.6. The number of likely N-dealkylation sites (tertiary alicyclic amines) is 1. The van der Waals surface area contributed by atoms with Gasteiger partial charge in [-0.15, -0.1) is 0 Å². The van der Waals surface area contributed by atoms with Crippen molar-refractivity contribution in [2.24, 2.45) is 0 Å². The molecule has 0 aliphatic carbocycles. The molecule has 1 aliphatic heterocycles. The number of carbonyl (C=O) groups is 2. The quantitative estimate of drug-likeness (QED) is 0.517. The molecule has 11 heteroatoms. The van der Waals surface area contributed by atoms with E-state index in [1.807, 2.05) is 0 Å². The van der Waals surface area contributed by atoms with Crippen molar-refractivity contribution in [2.75, 3.05) is 24.5 Å². The van der Waals surface area contributed by atoms with Crippen molar-refractivity contribution in [1.82, 2.24) is 14.7 Å². The second-order valence-corrected chi connectivity index (χ2v) is 8.06. The lowest BCUT2D eigenvalue weighted by molar-refractivity contribution is -0.127. The smallest absolute Gasteiger partial charge is 0.411 e. The van der Waals surface area contributed by atoms with Gasteiger partial charge < -0.3 is 10.0 Å². The molecule has 0 saturated carbocycles. The molecule has 0 spiro atoms. The Morgan fingerprint density at radius 3 is 2.49 bits per heavy atom. The molecule has 0 unspecified atom stereocenters. The number of nitrogens with zero attached hydrogens (tertiary/aromatic N) is 4. The lowest BCUT2D eigenvalue weighted by Crippen LogP contribution is -2.38. The Labute approximate surface area is 197 Å². The lowest BCUT2D eigenvalue weighted by atomic mass is 10.1. The van der Waals surface area contributed by atoms with E-state index in [9.17, 15) is 32.7 Å². The molecule has 1 N–H and O–H groups in total. The Kier molecular flexibility index (Phi) is 6.85. The molecule has 1 fully saturated rings. The highest BCUT2D eigenvalue weighted by Crippen LogP contribution is 2.20. The molecule has 2 aromatic carbocycles. The highest BCUT2D eigenvalue weighted by Gasteiger charge is 2.23. The molecule has 1 saturated heterocycles. The minimum absolute atomic E-state index is 0.00330. The van der Waals surface area contributed by atoms with Gasteiger partial charge in [-0.2, -0.15) is 5.10 Å². The van der Waals surface area contributed by atoms with Gasteiger partial charge in [0.05, 0.1) is 5.69 Å². The third kappa shape index (κ3) is 5.34. The number of carboxylic acid groups (broad SMARTS) is 1. The van der Waals surface area contributed by atoms with E-state index in [2.05, 4.69) is 5.10 Å². The Bertz CT molecular complexity index is 1320. The van der Waals surface area contributed by atoms with Crippen LogP contribution in [0.4, 0.5) is 23.7 Å². The highest BCUT2D eigenvalue weighted by molar-refractivity contribution is 5.86. The first-order chi connectivity index (χ1) is 16.7. The fourth-order valence-electron chi connectivity index (χ4n) is 3.91. The number of halogens is 3. The molecule has 182 valence electrons. The van der Waals surface area contributed by atoms with Crippen LogP contribution in [0, 0.1) is 17.5 Å². The highest BCUT2D eigenvalue weighted by atomic mass is 19.2. The van der Waals surface area contributed by atoms with Gasteiger partial charge >= 0.3 is 6.09 Å². The van der Waals surface area contributed by atoms with Crippen LogP contribution in [0.5, 0.6) is 0 Å². The lowest BCUT2D eigenvalue weighted by Gasteiger charge is -2.23. The van der Waals surface area contributed by atoms with Crippen molar-refractivity contribution in [3.05, 3.63) is 87.6 Å². The number of hydrogen-bond donors (Lipinski definition) is 1. The minimum Gasteiger partial charge on any atom is -0.465 e. The van der Waals surface area contributed by atoms with Crippen LogP contribution in [-0.4, -0.2) is 51.4 Å². The van der Waals surface area contributed by atoms with Crippen LogP contribution in [0.25, 0.3) is 5.69 Å². The number of amides is 2. The topological polar surface area (TPSA) is 95.7 Å². The van der Waals surface area contributed by atoms with Crippen LogP contribution in [0.2, 0.25) is 0 Å². The van der Waals surface area contributed by atoms with Crippen molar-refractivity contribution in [1.29, 1.82) is 0 Å². The van der Waals surface area contributed by atoms with Gasteiger partial charge in [0.1, 0.15) is 5.69 Å². The zero-order valence-corrected chi connectivity index (χ0v) is 18.5. The second-order valence-electron chi connectivity index (χ2n) is 8.06. The maximum Gasteiger partial charge on any atom is 0.411 e. The van der Waals surface area contributed by atoms with Crippen molar-refractivity contribution in [2.45, 2.75) is 19.3 Å². The first-order valence-electron chi connectivity index (χ1n) is 10.8. The van der Waals surface area contributed by atoms with Crippen molar-refractivity contribution >= 4 is 17.7 Å². The summed E-state index contributed by atoms with van der Waals surface area (Å²) in [6.45, 7) is 0.952. The van der Waals surface area contributed by atoms with E-state index in [0.717, 1.165) is 28.1 Å². The molecule has 1 aromatic heterocycles. The normalized spacial score (nSPS) is 13.3. The molecular formula is C24H21F3N4O4. The number of aromatic nitrogens is 2. The van der Waals surface area contributed by atoms with Gasteiger partial charge in [0.15, 0.2) is 17.5 Å². The van der Waals surface area contributed by atoms with E-state index in [0.29, 0.717) is 24.2 Å². The molecular weight excluding hydrogens is 465 g/mol. The summed E-state index contributed by atoms with van der Waals surface area (Å²) in [5.41, 5.74) is 0.437. The van der Waals surface area contributed by atoms with Crippen molar-refractivity contribution in [3.63, 3.8) is 0 Å². The third-order valence-corrected chi connectivity index (χ3v) is 5.70. The molecule has 35 heavy (non-hydrogen) atoms. The molecule has 3 aromatic rings. The molecule has 1 aliphatic rings. The monoisotopic (exact) mass is 486 g/mol. The van der Waals surface area contributed by atoms with Crippen LogP contribution in [0.15, 0.2) is 53.5 Å². The summed E-state index contributed by atoms with van der Waals surface area (Å²) in [6.07, 6.45) is 1.24. The van der Waals surface area contributed by atoms with E-state index in [1.165, 1.54) is 12.3 Å². The molecule has 0 bridgehead atoms. The Morgan fingerprint density at radius 1 is 1.09 bits per heavy atom. The van der Waals surface area contributed by atoms with E-state index in [-0.39, 0.29) is 36.8 Å². The number of hydrogen-bond acceptors (Lipinski definition) is 4. The molecule has 4 rings (SSSR count). The minimum atomic E-state index is -1.61. The largest absolute Gasteiger partial charge is 0.465 e. The van der Waals surface area contributed by atoms with E-state index < -0.39 is 29.0 Å². The summed E-state index contributed by atoms with van der Waals surface area (Å²) in [4.78, 5) is 38.8. The van der Waals surface area contributed by atoms with Crippen LogP contribution >= 0.6 is 0 Å². The Morgan fingerprint density at radius 2 is 1.83 bits per heavy atom. The standard InChI is InChI=1S/C24H21F3N4O4/c25-18-13-17(14-19(26)23(18)27)31-8-6-21(32)20(28-31)12-15-3-1-4-16(11-15)30(24(34)35)10-9-29-7-2-5-22(29)33/h1,3-4,6,8,11,13-14H,2,5,7,9-10,12H2,(H,34,35). The maximum atomic E-state index is 13.6. The number of benzene rings is 2. The zero-order valence-electron chi connectivity index (χ0n) is 18.5. The van der Waals surface area contributed by atoms with Crippen LogP contribution in [0.3, 0.4) is 0 Å². The van der Waals surface area contributed by atoms with Gasteiger partial charge in [-0.3, -0.25) is 14.5 Å². The third-order valence-electron chi connectivity index (χ3n) is 5.70. The predicted molar refractivity (Wildman–Crippen MR) is 120 cm³/mol.